The number of hydrogen-bond acceptors (Lipinski definition) is 3. The normalized spacial score (nSPS) is 10.2. The number of nitrogen functional groups attached to an aromatic ring is 1. The smallest absolute Gasteiger partial charge is 0.125 e. The molecule has 0 spiro atoms. The highest BCUT2D eigenvalue weighted by Gasteiger charge is 2.06. The van der Waals surface area contributed by atoms with E-state index in [1.165, 1.54) is 18.2 Å². The number of rotatable bonds is 3. The number of halogens is 2. The minimum atomic E-state index is -0.370. The summed E-state index contributed by atoms with van der Waals surface area (Å²) in [4.78, 5) is 0. The van der Waals surface area contributed by atoms with Gasteiger partial charge in [-0.1, -0.05) is 11.6 Å². The Labute approximate surface area is 109 Å². The van der Waals surface area contributed by atoms with Gasteiger partial charge in [0.2, 0.25) is 0 Å². The summed E-state index contributed by atoms with van der Waals surface area (Å²) in [6.07, 6.45) is 0. The van der Waals surface area contributed by atoms with Crippen molar-refractivity contribution in [1.29, 1.82) is 0 Å². The molecule has 0 heterocycles. The van der Waals surface area contributed by atoms with Crippen LogP contribution in [0.2, 0.25) is 5.02 Å². The van der Waals surface area contributed by atoms with Gasteiger partial charge in [-0.25, -0.2) is 4.39 Å². The second-order valence-electron chi connectivity index (χ2n) is 3.70. The Morgan fingerprint density at radius 1 is 1.17 bits per heavy atom. The van der Waals surface area contributed by atoms with E-state index in [2.05, 4.69) is 5.32 Å². The number of methoxy groups -OCH3 is 1. The molecule has 0 aliphatic heterocycles. The maximum absolute atomic E-state index is 13.1. The van der Waals surface area contributed by atoms with Crippen molar-refractivity contribution in [3.05, 3.63) is 47.2 Å². The largest absolute Gasteiger partial charge is 0.497 e. The maximum Gasteiger partial charge on any atom is 0.125 e. The molecule has 2 aromatic rings. The molecule has 0 aromatic heterocycles. The molecular weight excluding hydrogens is 255 g/mol. The summed E-state index contributed by atoms with van der Waals surface area (Å²) in [5.74, 6) is 0.280. The predicted molar refractivity (Wildman–Crippen MR) is 72.1 cm³/mol. The predicted octanol–water partition coefficient (Wildman–Crippen LogP) is 3.81. The van der Waals surface area contributed by atoms with Crippen molar-refractivity contribution < 1.29 is 9.13 Å². The van der Waals surface area contributed by atoms with Gasteiger partial charge in [0.05, 0.1) is 29.2 Å². The Balaban J connectivity index is 2.36. The summed E-state index contributed by atoms with van der Waals surface area (Å²) >= 11 is 6.04. The van der Waals surface area contributed by atoms with Gasteiger partial charge in [0.25, 0.3) is 0 Å². The third-order valence-electron chi connectivity index (χ3n) is 2.46. The van der Waals surface area contributed by atoms with Crippen molar-refractivity contribution in [2.75, 3.05) is 18.2 Å². The van der Waals surface area contributed by atoms with E-state index in [1.54, 1.807) is 25.3 Å². The van der Waals surface area contributed by atoms with E-state index in [-0.39, 0.29) is 5.82 Å². The highest BCUT2D eigenvalue weighted by atomic mass is 35.5. The van der Waals surface area contributed by atoms with Crippen LogP contribution in [0.15, 0.2) is 36.4 Å². The first kappa shape index (κ1) is 12.5. The van der Waals surface area contributed by atoms with Crippen molar-refractivity contribution in [2.24, 2.45) is 0 Å². The molecule has 0 aliphatic rings. The van der Waals surface area contributed by atoms with E-state index in [0.29, 0.717) is 27.8 Å². The molecule has 0 saturated carbocycles. The summed E-state index contributed by atoms with van der Waals surface area (Å²) in [6, 6.07) is 9.25. The quantitative estimate of drug-likeness (QED) is 0.831. The molecule has 18 heavy (non-hydrogen) atoms. The Kier molecular flexibility index (Phi) is 3.58. The Morgan fingerprint density at radius 3 is 2.67 bits per heavy atom. The number of benzene rings is 2. The topological polar surface area (TPSA) is 47.3 Å². The standard InChI is InChI=1S/C13H12ClFN2O/c1-18-9-3-4-10(14)12(7-9)17-13-6-8(15)2-5-11(13)16/h2-7,17H,16H2,1H3. The van der Waals surface area contributed by atoms with E-state index in [9.17, 15) is 4.39 Å². The monoisotopic (exact) mass is 266 g/mol. The van der Waals surface area contributed by atoms with E-state index in [0.717, 1.165) is 0 Å². The van der Waals surface area contributed by atoms with Gasteiger partial charge in [-0.15, -0.1) is 0 Å². The van der Waals surface area contributed by atoms with Gasteiger partial charge < -0.3 is 15.8 Å². The van der Waals surface area contributed by atoms with Crippen LogP contribution >= 0.6 is 11.6 Å². The first-order chi connectivity index (χ1) is 8.60. The van der Waals surface area contributed by atoms with Gasteiger partial charge in [0, 0.05) is 6.07 Å². The van der Waals surface area contributed by atoms with Gasteiger partial charge in [-0.2, -0.15) is 0 Å². The lowest BCUT2D eigenvalue weighted by Crippen LogP contribution is -1.98. The van der Waals surface area contributed by atoms with Crippen LogP contribution in [0.3, 0.4) is 0 Å². The van der Waals surface area contributed by atoms with Crippen LogP contribution in [-0.4, -0.2) is 7.11 Å². The molecule has 94 valence electrons. The van der Waals surface area contributed by atoms with Crippen molar-refractivity contribution in [3.63, 3.8) is 0 Å². The Bertz CT molecular complexity index is 575. The van der Waals surface area contributed by atoms with Crippen LogP contribution < -0.4 is 15.8 Å². The molecule has 3 nitrogen and oxygen atoms in total. The third kappa shape index (κ3) is 2.65. The molecule has 0 aliphatic carbocycles. The second-order valence-corrected chi connectivity index (χ2v) is 4.11. The molecule has 0 unspecified atom stereocenters. The van der Waals surface area contributed by atoms with Gasteiger partial charge in [0.1, 0.15) is 11.6 Å². The Hall–Kier alpha value is -1.94. The zero-order valence-electron chi connectivity index (χ0n) is 9.71. The van der Waals surface area contributed by atoms with Crippen molar-refractivity contribution in [1.82, 2.24) is 0 Å². The summed E-state index contributed by atoms with van der Waals surface area (Å²) in [6.45, 7) is 0. The van der Waals surface area contributed by atoms with Crippen molar-refractivity contribution in [3.8, 4) is 5.75 Å². The molecule has 2 rings (SSSR count). The molecule has 0 amide bonds. The fourth-order valence-electron chi connectivity index (χ4n) is 1.51. The number of ether oxygens (including phenoxy) is 1. The molecular formula is C13H12ClFN2O. The average molecular weight is 267 g/mol. The average Bonchev–Trinajstić information content (AvgIpc) is 2.36. The molecule has 0 radical (unpaired) electrons. The minimum Gasteiger partial charge on any atom is -0.497 e. The highest BCUT2D eigenvalue weighted by molar-refractivity contribution is 6.33. The van der Waals surface area contributed by atoms with Crippen LogP contribution in [0, 0.1) is 5.82 Å². The van der Waals surface area contributed by atoms with Gasteiger partial charge in [-0.3, -0.25) is 0 Å². The molecule has 0 fully saturated rings. The minimum absolute atomic E-state index is 0.370. The number of nitrogens with one attached hydrogen (secondary N) is 1. The zero-order valence-corrected chi connectivity index (χ0v) is 10.5. The number of hydrogen-bond donors (Lipinski definition) is 2. The molecule has 0 bridgehead atoms. The number of anilines is 3. The lowest BCUT2D eigenvalue weighted by molar-refractivity contribution is 0.415. The van der Waals surface area contributed by atoms with Crippen LogP contribution in [0.5, 0.6) is 5.75 Å². The Morgan fingerprint density at radius 2 is 1.94 bits per heavy atom. The summed E-state index contributed by atoms with van der Waals surface area (Å²) < 4.78 is 18.2. The van der Waals surface area contributed by atoms with Gasteiger partial charge in [-0.05, 0) is 30.3 Å². The lowest BCUT2D eigenvalue weighted by atomic mass is 10.2. The summed E-state index contributed by atoms with van der Waals surface area (Å²) in [7, 11) is 1.56. The van der Waals surface area contributed by atoms with Gasteiger partial charge in [0.15, 0.2) is 0 Å². The van der Waals surface area contributed by atoms with Crippen LogP contribution in [-0.2, 0) is 0 Å². The molecule has 2 aromatic carbocycles. The molecule has 0 saturated heterocycles. The van der Waals surface area contributed by atoms with E-state index in [4.69, 9.17) is 22.1 Å². The van der Waals surface area contributed by atoms with Crippen molar-refractivity contribution in [2.45, 2.75) is 0 Å². The third-order valence-corrected chi connectivity index (χ3v) is 2.79. The lowest BCUT2D eigenvalue weighted by Gasteiger charge is -2.12. The molecule has 3 N–H and O–H groups in total. The van der Waals surface area contributed by atoms with E-state index >= 15 is 0 Å². The van der Waals surface area contributed by atoms with E-state index < -0.39 is 0 Å². The second kappa shape index (κ2) is 5.14. The highest BCUT2D eigenvalue weighted by Crippen LogP contribution is 2.31. The van der Waals surface area contributed by atoms with Crippen molar-refractivity contribution >= 4 is 28.7 Å². The van der Waals surface area contributed by atoms with Gasteiger partial charge >= 0.3 is 0 Å². The van der Waals surface area contributed by atoms with E-state index in [1.807, 2.05) is 0 Å². The van der Waals surface area contributed by atoms with Crippen LogP contribution in [0.1, 0.15) is 0 Å². The summed E-state index contributed by atoms with van der Waals surface area (Å²) in [5, 5.41) is 3.48. The fourth-order valence-corrected chi connectivity index (χ4v) is 1.67. The number of nitrogens with two attached hydrogens (primary N) is 1. The first-order valence-corrected chi connectivity index (χ1v) is 5.63. The van der Waals surface area contributed by atoms with Crippen LogP contribution in [0.4, 0.5) is 21.5 Å². The first-order valence-electron chi connectivity index (χ1n) is 5.26. The molecule has 5 heteroatoms. The SMILES string of the molecule is COc1ccc(Cl)c(Nc2cc(F)ccc2N)c1. The zero-order chi connectivity index (χ0) is 13.1. The molecule has 0 atom stereocenters. The van der Waals surface area contributed by atoms with Crippen LogP contribution in [0.25, 0.3) is 0 Å². The fraction of sp³-hybridized carbons (Fsp3) is 0.0769. The maximum atomic E-state index is 13.1. The summed E-state index contributed by atoms with van der Waals surface area (Å²) in [5.41, 5.74) is 7.26.